The van der Waals surface area contributed by atoms with Gasteiger partial charge in [0.2, 0.25) is 5.91 Å². The third kappa shape index (κ3) is 5.28. The zero-order valence-corrected chi connectivity index (χ0v) is 13.0. The van der Waals surface area contributed by atoms with Crippen LogP contribution in [0.1, 0.15) is 5.56 Å². The summed E-state index contributed by atoms with van der Waals surface area (Å²) in [4.78, 5) is 23.4. The van der Waals surface area contributed by atoms with Crippen LogP contribution in [0.5, 0.6) is 11.5 Å². The minimum absolute atomic E-state index is 0.0218. The van der Waals surface area contributed by atoms with E-state index in [1.807, 2.05) is 0 Å². The maximum absolute atomic E-state index is 12.8. The number of carbonyl (C=O) groups excluding carboxylic acids is 2. The topological polar surface area (TPSA) is 76.7 Å². The van der Waals surface area contributed by atoms with E-state index >= 15 is 0 Å². The molecule has 126 valence electrons. The SMILES string of the molecule is COc1ccccc1OCC(=O)NNC(=O)Cc1ccc(F)cc1. The molecule has 0 spiro atoms. The second kappa shape index (κ2) is 8.52. The number of hydrogen-bond acceptors (Lipinski definition) is 4. The molecule has 2 rings (SSSR count). The highest BCUT2D eigenvalue weighted by atomic mass is 19.1. The summed E-state index contributed by atoms with van der Waals surface area (Å²) in [5.74, 6) is -0.389. The molecular formula is C17H17FN2O4. The first-order valence-electron chi connectivity index (χ1n) is 7.16. The van der Waals surface area contributed by atoms with Gasteiger partial charge in [-0.25, -0.2) is 4.39 Å². The maximum atomic E-state index is 12.8. The zero-order chi connectivity index (χ0) is 17.4. The van der Waals surface area contributed by atoms with Crippen LogP contribution in [0.3, 0.4) is 0 Å². The number of hydrazine groups is 1. The minimum Gasteiger partial charge on any atom is -0.493 e. The summed E-state index contributed by atoms with van der Waals surface area (Å²) in [5.41, 5.74) is 5.14. The minimum atomic E-state index is -0.520. The first kappa shape index (κ1) is 17.3. The molecule has 0 aromatic heterocycles. The van der Waals surface area contributed by atoms with E-state index in [9.17, 15) is 14.0 Å². The lowest BCUT2D eigenvalue weighted by Crippen LogP contribution is -2.44. The average molecular weight is 332 g/mol. The van der Waals surface area contributed by atoms with Crippen molar-refractivity contribution in [1.82, 2.24) is 10.9 Å². The van der Waals surface area contributed by atoms with Gasteiger partial charge in [0.25, 0.3) is 5.91 Å². The molecule has 7 heteroatoms. The van der Waals surface area contributed by atoms with Crippen LogP contribution in [-0.4, -0.2) is 25.5 Å². The summed E-state index contributed by atoms with van der Waals surface area (Å²) >= 11 is 0. The van der Waals surface area contributed by atoms with Crippen molar-refractivity contribution < 1.29 is 23.5 Å². The quantitative estimate of drug-likeness (QED) is 0.788. The number of carbonyl (C=O) groups is 2. The smallest absolute Gasteiger partial charge is 0.276 e. The molecule has 0 aliphatic rings. The van der Waals surface area contributed by atoms with E-state index in [-0.39, 0.29) is 18.8 Å². The fraction of sp³-hybridized carbons (Fsp3) is 0.176. The number of benzene rings is 2. The molecule has 0 aliphatic heterocycles. The van der Waals surface area contributed by atoms with Crippen LogP contribution in [0, 0.1) is 5.82 Å². The second-order valence-electron chi connectivity index (χ2n) is 4.84. The molecule has 2 aromatic rings. The van der Waals surface area contributed by atoms with E-state index in [1.54, 1.807) is 24.3 Å². The lowest BCUT2D eigenvalue weighted by atomic mass is 10.1. The Morgan fingerprint density at radius 2 is 1.58 bits per heavy atom. The van der Waals surface area contributed by atoms with Gasteiger partial charge >= 0.3 is 0 Å². The van der Waals surface area contributed by atoms with E-state index in [1.165, 1.54) is 31.4 Å². The number of rotatable bonds is 6. The Hall–Kier alpha value is -3.09. The number of para-hydroxylation sites is 2. The normalized spacial score (nSPS) is 9.92. The summed E-state index contributed by atoms with van der Waals surface area (Å²) in [5, 5.41) is 0. The van der Waals surface area contributed by atoms with Crippen molar-refractivity contribution >= 4 is 11.8 Å². The molecule has 24 heavy (non-hydrogen) atoms. The van der Waals surface area contributed by atoms with Gasteiger partial charge in [0.1, 0.15) is 5.82 Å². The van der Waals surface area contributed by atoms with Gasteiger partial charge in [0.15, 0.2) is 18.1 Å². The van der Waals surface area contributed by atoms with Gasteiger partial charge in [-0.05, 0) is 29.8 Å². The van der Waals surface area contributed by atoms with Crippen molar-refractivity contribution in [1.29, 1.82) is 0 Å². The third-order valence-electron chi connectivity index (χ3n) is 3.05. The molecule has 2 N–H and O–H groups in total. The number of nitrogens with one attached hydrogen (secondary N) is 2. The molecule has 0 fully saturated rings. The molecule has 0 unspecified atom stereocenters. The number of methoxy groups -OCH3 is 1. The summed E-state index contributed by atoms with van der Waals surface area (Å²) < 4.78 is 23.2. The number of ether oxygens (including phenoxy) is 2. The lowest BCUT2D eigenvalue weighted by Gasteiger charge is -2.11. The van der Waals surface area contributed by atoms with E-state index in [0.717, 1.165) is 0 Å². The number of hydrogen-bond donors (Lipinski definition) is 2. The van der Waals surface area contributed by atoms with Crippen LogP contribution in [0.15, 0.2) is 48.5 Å². The molecule has 0 aliphatic carbocycles. The largest absolute Gasteiger partial charge is 0.493 e. The van der Waals surface area contributed by atoms with Crippen molar-refractivity contribution in [3.63, 3.8) is 0 Å². The van der Waals surface area contributed by atoms with Gasteiger partial charge in [-0.3, -0.25) is 20.4 Å². The molecule has 0 radical (unpaired) electrons. The highest BCUT2D eigenvalue weighted by molar-refractivity contribution is 5.83. The third-order valence-corrected chi connectivity index (χ3v) is 3.05. The van der Waals surface area contributed by atoms with Crippen LogP contribution < -0.4 is 20.3 Å². The van der Waals surface area contributed by atoms with Gasteiger partial charge in [0, 0.05) is 0 Å². The average Bonchev–Trinajstić information content (AvgIpc) is 2.60. The van der Waals surface area contributed by atoms with Crippen LogP contribution in [0.4, 0.5) is 4.39 Å². The van der Waals surface area contributed by atoms with E-state index in [0.29, 0.717) is 17.1 Å². The second-order valence-corrected chi connectivity index (χ2v) is 4.84. The molecule has 0 atom stereocenters. The van der Waals surface area contributed by atoms with Gasteiger partial charge in [-0.15, -0.1) is 0 Å². The van der Waals surface area contributed by atoms with E-state index in [4.69, 9.17) is 9.47 Å². The molecule has 2 aromatic carbocycles. The summed E-state index contributed by atoms with van der Waals surface area (Å²) in [7, 11) is 1.50. The van der Waals surface area contributed by atoms with Crippen LogP contribution >= 0.6 is 0 Å². The van der Waals surface area contributed by atoms with Crippen molar-refractivity contribution in [3.8, 4) is 11.5 Å². The van der Waals surface area contributed by atoms with Gasteiger partial charge in [0.05, 0.1) is 13.5 Å². The van der Waals surface area contributed by atoms with Crippen molar-refractivity contribution in [2.24, 2.45) is 0 Å². The lowest BCUT2D eigenvalue weighted by molar-refractivity contribution is -0.129. The Bertz CT molecular complexity index is 704. The Morgan fingerprint density at radius 3 is 2.25 bits per heavy atom. The highest BCUT2D eigenvalue weighted by Gasteiger charge is 2.08. The standard InChI is InChI=1S/C17H17FN2O4/c1-23-14-4-2-3-5-15(14)24-11-17(22)20-19-16(21)10-12-6-8-13(18)9-7-12/h2-9H,10-11H2,1H3,(H,19,21)(H,20,22). The summed E-state index contributed by atoms with van der Waals surface area (Å²) in [6, 6.07) is 12.4. The Labute approximate surface area is 138 Å². The fourth-order valence-corrected chi connectivity index (χ4v) is 1.89. The van der Waals surface area contributed by atoms with Crippen molar-refractivity contribution in [2.75, 3.05) is 13.7 Å². The van der Waals surface area contributed by atoms with Crippen LogP contribution in [-0.2, 0) is 16.0 Å². The van der Waals surface area contributed by atoms with Gasteiger partial charge in [-0.1, -0.05) is 24.3 Å². The van der Waals surface area contributed by atoms with Gasteiger partial charge < -0.3 is 9.47 Å². The Morgan fingerprint density at radius 1 is 0.958 bits per heavy atom. The first-order valence-corrected chi connectivity index (χ1v) is 7.16. The van der Waals surface area contributed by atoms with Crippen molar-refractivity contribution in [3.05, 3.63) is 59.9 Å². The highest BCUT2D eigenvalue weighted by Crippen LogP contribution is 2.25. The van der Waals surface area contributed by atoms with E-state index < -0.39 is 11.8 Å². The zero-order valence-electron chi connectivity index (χ0n) is 13.0. The van der Waals surface area contributed by atoms with Crippen LogP contribution in [0.2, 0.25) is 0 Å². The molecular weight excluding hydrogens is 315 g/mol. The summed E-state index contributed by atoms with van der Waals surface area (Å²) in [6.07, 6.45) is 0.0218. The molecule has 0 bridgehead atoms. The Kier molecular flexibility index (Phi) is 6.13. The molecule has 0 saturated heterocycles. The van der Waals surface area contributed by atoms with Gasteiger partial charge in [-0.2, -0.15) is 0 Å². The molecule has 2 amide bonds. The Balaban J connectivity index is 1.74. The monoisotopic (exact) mass is 332 g/mol. The van der Waals surface area contributed by atoms with E-state index in [2.05, 4.69) is 10.9 Å². The first-order chi connectivity index (χ1) is 11.6. The molecule has 0 heterocycles. The predicted molar refractivity (Wildman–Crippen MR) is 84.9 cm³/mol. The maximum Gasteiger partial charge on any atom is 0.276 e. The van der Waals surface area contributed by atoms with Crippen molar-refractivity contribution in [2.45, 2.75) is 6.42 Å². The molecule has 6 nitrogen and oxygen atoms in total. The number of amides is 2. The predicted octanol–water partition coefficient (Wildman–Crippen LogP) is 1.60. The summed E-state index contributed by atoms with van der Waals surface area (Å²) in [6.45, 7) is -0.281. The van der Waals surface area contributed by atoms with Crippen LogP contribution in [0.25, 0.3) is 0 Å². The molecule has 0 saturated carbocycles. The fourth-order valence-electron chi connectivity index (χ4n) is 1.89. The number of halogens is 1.